The number of oxazole rings is 1. The zero-order valence-electron chi connectivity index (χ0n) is 16.6. The average Bonchev–Trinajstić information content (AvgIpc) is 3.12. The van der Waals surface area contributed by atoms with E-state index in [9.17, 15) is 12.8 Å². The Morgan fingerprint density at radius 3 is 2.55 bits per heavy atom. The number of hydrogen-bond donors (Lipinski definition) is 1. The van der Waals surface area contributed by atoms with E-state index in [-0.39, 0.29) is 21.7 Å². The quantitative estimate of drug-likeness (QED) is 0.559. The summed E-state index contributed by atoms with van der Waals surface area (Å²) in [4.78, 5) is 6.40. The Balaban J connectivity index is 2.03. The highest BCUT2D eigenvalue weighted by atomic mass is 32.2. The monoisotopic (exact) mass is 417 g/mol. The van der Waals surface area contributed by atoms with Gasteiger partial charge in [0.05, 0.1) is 4.90 Å². The molecule has 3 rings (SSSR count). The van der Waals surface area contributed by atoms with Gasteiger partial charge in [-0.25, -0.2) is 12.8 Å². The van der Waals surface area contributed by atoms with Crippen LogP contribution in [0.25, 0.3) is 11.5 Å². The van der Waals surface area contributed by atoms with Crippen LogP contribution in [0, 0.1) is 12.7 Å². The molecule has 0 fully saturated rings. The summed E-state index contributed by atoms with van der Waals surface area (Å²) in [5.74, 6) is -0.324. The first-order valence-electron chi connectivity index (χ1n) is 9.25. The van der Waals surface area contributed by atoms with E-state index < -0.39 is 15.7 Å². The lowest BCUT2D eigenvalue weighted by Gasteiger charge is -2.10. The van der Waals surface area contributed by atoms with Crippen molar-refractivity contribution >= 4 is 15.7 Å². The summed E-state index contributed by atoms with van der Waals surface area (Å²) in [6.45, 7) is 3.12. The molecule has 6 nitrogen and oxygen atoms in total. The molecule has 0 spiro atoms. The molecule has 0 saturated heterocycles. The molecule has 2 aromatic carbocycles. The SMILES string of the molecule is Cc1ccc(F)cc1-c1nc(S(=O)(=O)c2ccccc2)c(NCCCN(C)C)o1. The van der Waals surface area contributed by atoms with Crippen LogP contribution < -0.4 is 5.32 Å². The Hall–Kier alpha value is -2.71. The van der Waals surface area contributed by atoms with E-state index in [1.165, 1.54) is 24.3 Å². The first kappa shape index (κ1) is 21.0. The summed E-state index contributed by atoms with van der Waals surface area (Å²) >= 11 is 0. The van der Waals surface area contributed by atoms with Crippen LogP contribution in [0.1, 0.15) is 12.0 Å². The predicted octanol–water partition coefficient (Wildman–Crippen LogP) is 3.99. The fraction of sp³-hybridized carbons (Fsp3) is 0.286. The van der Waals surface area contributed by atoms with Crippen molar-refractivity contribution in [3.63, 3.8) is 0 Å². The van der Waals surface area contributed by atoms with Crippen molar-refractivity contribution in [1.29, 1.82) is 0 Å². The topological polar surface area (TPSA) is 75.4 Å². The number of halogens is 1. The molecule has 0 aliphatic rings. The van der Waals surface area contributed by atoms with Crippen LogP contribution in [-0.4, -0.2) is 45.5 Å². The van der Waals surface area contributed by atoms with Gasteiger partial charge in [0.2, 0.25) is 26.6 Å². The molecule has 3 aromatic rings. The number of aryl methyl sites for hydroxylation is 1. The van der Waals surface area contributed by atoms with Gasteiger partial charge in [-0.2, -0.15) is 4.98 Å². The van der Waals surface area contributed by atoms with Gasteiger partial charge in [-0.15, -0.1) is 0 Å². The molecule has 154 valence electrons. The number of nitrogens with zero attached hydrogens (tertiary/aromatic N) is 2. The smallest absolute Gasteiger partial charge is 0.233 e. The zero-order valence-corrected chi connectivity index (χ0v) is 17.5. The van der Waals surface area contributed by atoms with Gasteiger partial charge in [0.25, 0.3) is 0 Å². The molecule has 1 N–H and O–H groups in total. The Morgan fingerprint density at radius 2 is 1.86 bits per heavy atom. The van der Waals surface area contributed by atoms with E-state index in [1.54, 1.807) is 31.2 Å². The molecule has 1 heterocycles. The molecule has 0 aliphatic carbocycles. The van der Waals surface area contributed by atoms with Crippen molar-refractivity contribution in [3.8, 4) is 11.5 Å². The van der Waals surface area contributed by atoms with Crippen LogP contribution in [0.5, 0.6) is 0 Å². The van der Waals surface area contributed by atoms with E-state index in [0.29, 0.717) is 12.1 Å². The minimum Gasteiger partial charge on any atom is -0.419 e. The largest absolute Gasteiger partial charge is 0.419 e. The third-order valence-electron chi connectivity index (χ3n) is 4.40. The molecule has 0 radical (unpaired) electrons. The Morgan fingerprint density at radius 1 is 1.14 bits per heavy atom. The Kier molecular flexibility index (Phi) is 6.34. The van der Waals surface area contributed by atoms with Gasteiger partial charge < -0.3 is 14.6 Å². The molecule has 0 bridgehead atoms. The molecule has 29 heavy (non-hydrogen) atoms. The summed E-state index contributed by atoms with van der Waals surface area (Å²) in [5.41, 5.74) is 1.14. The van der Waals surface area contributed by atoms with Gasteiger partial charge in [-0.1, -0.05) is 24.3 Å². The van der Waals surface area contributed by atoms with Crippen molar-refractivity contribution in [3.05, 3.63) is 59.9 Å². The normalized spacial score (nSPS) is 11.8. The highest BCUT2D eigenvalue weighted by molar-refractivity contribution is 7.91. The van der Waals surface area contributed by atoms with E-state index in [0.717, 1.165) is 18.5 Å². The molecule has 0 amide bonds. The van der Waals surface area contributed by atoms with Crippen molar-refractivity contribution < 1.29 is 17.2 Å². The number of rotatable bonds is 8. The third-order valence-corrected chi connectivity index (χ3v) is 6.08. The lowest BCUT2D eigenvalue weighted by atomic mass is 10.1. The summed E-state index contributed by atoms with van der Waals surface area (Å²) in [5, 5.41) is 2.84. The molecule has 0 atom stereocenters. The first-order chi connectivity index (χ1) is 13.8. The average molecular weight is 418 g/mol. The van der Waals surface area contributed by atoms with Crippen LogP contribution in [-0.2, 0) is 9.84 Å². The van der Waals surface area contributed by atoms with Crippen molar-refractivity contribution in [2.75, 3.05) is 32.5 Å². The molecule has 0 saturated carbocycles. The maximum Gasteiger partial charge on any atom is 0.233 e. The molecular formula is C21H24FN3O3S. The first-order valence-corrected chi connectivity index (χ1v) is 10.7. The minimum atomic E-state index is -3.90. The minimum absolute atomic E-state index is 0.0614. The number of benzene rings is 2. The van der Waals surface area contributed by atoms with E-state index in [4.69, 9.17) is 4.42 Å². The van der Waals surface area contributed by atoms with Gasteiger partial charge in [-0.3, -0.25) is 0 Å². The second-order valence-electron chi connectivity index (χ2n) is 7.01. The third kappa shape index (κ3) is 4.83. The lowest BCUT2D eigenvalue weighted by molar-refractivity contribution is 0.404. The predicted molar refractivity (Wildman–Crippen MR) is 110 cm³/mol. The second-order valence-corrected chi connectivity index (χ2v) is 8.88. The molecule has 8 heteroatoms. The summed E-state index contributed by atoms with van der Waals surface area (Å²) < 4.78 is 45.8. The van der Waals surface area contributed by atoms with Crippen molar-refractivity contribution in [2.45, 2.75) is 23.3 Å². The molecule has 1 aromatic heterocycles. The Labute approximate surface area is 170 Å². The standard InChI is InChI=1S/C21H24FN3O3S/c1-15-10-11-16(22)14-18(15)19-24-21(20(28-19)23-12-7-13-25(2)3)29(26,27)17-8-5-4-6-9-17/h4-6,8-11,14,23H,7,12-13H2,1-3H3. The van der Waals surface area contributed by atoms with E-state index >= 15 is 0 Å². The van der Waals surface area contributed by atoms with Crippen molar-refractivity contribution in [2.24, 2.45) is 0 Å². The van der Waals surface area contributed by atoms with Gasteiger partial charge in [0.15, 0.2) is 0 Å². The number of sulfone groups is 1. The van der Waals surface area contributed by atoms with Gasteiger partial charge >= 0.3 is 0 Å². The molecular weight excluding hydrogens is 393 g/mol. The number of nitrogens with one attached hydrogen (secondary N) is 1. The van der Waals surface area contributed by atoms with E-state index in [1.807, 2.05) is 19.0 Å². The molecule has 0 unspecified atom stereocenters. The van der Waals surface area contributed by atoms with Crippen LogP contribution in [0.4, 0.5) is 10.3 Å². The highest BCUT2D eigenvalue weighted by Crippen LogP contribution is 2.33. The molecule has 0 aliphatic heterocycles. The maximum absolute atomic E-state index is 13.8. The van der Waals surface area contributed by atoms with Crippen LogP contribution in [0.2, 0.25) is 0 Å². The maximum atomic E-state index is 13.8. The number of anilines is 1. The summed E-state index contributed by atoms with van der Waals surface area (Å²) in [7, 11) is 0.0210. The summed E-state index contributed by atoms with van der Waals surface area (Å²) in [6.07, 6.45) is 0.785. The van der Waals surface area contributed by atoms with Crippen molar-refractivity contribution in [1.82, 2.24) is 9.88 Å². The van der Waals surface area contributed by atoms with Crippen LogP contribution in [0.3, 0.4) is 0 Å². The number of hydrogen-bond acceptors (Lipinski definition) is 6. The highest BCUT2D eigenvalue weighted by Gasteiger charge is 2.28. The lowest BCUT2D eigenvalue weighted by Crippen LogP contribution is -2.17. The fourth-order valence-corrected chi connectivity index (χ4v) is 4.15. The Bertz CT molecular complexity index is 1080. The summed E-state index contributed by atoms with van der Waals surface area (Å²) in [6, 6.07) is 12.3. The number of aromatic nitrogens is 1. The zero-order chi connectivity index (χ0) is 21.0. The second kappa shape index (κ2) is 8.75. The van der Waals surface area contributed by atoms with Gasteiger partial charge in [0.1, 0.15) is 5.82 Å². The van der Waals surface area contributed by atoms with Crippen LogP contribution in [0.15, 0.2) is 62.9 Å². The van der Waals surface area contributed by atoms with Gasteiger partial charge in [-0.05, 0) is 63.8 Å². The fourth-order valence-electron chi connectivity index (χ4n) is 2.85. The van der Waals surface area contributed by atoms with Gasteiger partial charge in [0, 0.05) is 12.1 Å². The van der Waals surface area contributed by atoms with E-state index in [2.05, 4.69) is 10.3 Å². The van der Waals surface area contributed by atoms with Crippen LogP contribution >= 0.6 is 0 Å².